The van der Waals surface area contributed by atoms with E-state index in [2.05, 4.69) is 5.32 Å². The maximum atomic E-state index is 12.6. The molecule has 0 aromatic heterocycles. The molecule has 8 nitrogen and oxygen atoms in total. The third-order valence-electron chi connectivity index (χ3n) is 6.16. The zero-order valence-corrected chi connectivity index (χ0v) is 22.9. The molecule has 40 heavy (non-hydrogen) atoms. The average molecular weight is 541 g/mol. The van der Waals surface area contributed by atoms with Crippen molar-refractivity contribution >= 4 is 29.4 Å². The highest BCUT2D eigenvalue weighted by Gasteiger charge is 2.13. The van der Waals surface area contributed by atoms with Gasteiger partial charge in [-0.15, -0.1) is 0 Å². The van der Waals surface area contributed by atoms with Crippen molar-refractivity contribution in [3.8, 4) is 28.7 Å². The topological polar surface area (TPSA) is 101 Å². The minimum atomic E-state index is -0.237. The molecule has 0 saturated heterocycles. The molecule has 206 valence electrons. The zero-order valence-electron chi connectivity index (χ0n) is 22.9. The second kappa shape index (κ2) is 13.1. The van der Waals surface area contributed by atoms with Gasteiger partial charge in [0, 0.05) is 5.56 Å². The van der Waals surface area contributed by atoms with Gasteiger partial charge < -0.3 is 34.7 Å². The van der Waals surface area contributed by atoms with Crippen molar-refractivity contribution in [2.45, 2.75) is 6.61 Å². The minimum Gasteiger partial charge on any atom is -0.493 e. The van der Waals surface area contributed by atoms with Crippen molar-refractivity contribution in [1.29, 1.82) is 0 Å². The smallest absolute Gasteiger partial charge is 0.255 e. The van der Waals surface area contributed by atoms with Crippen LogP contribution in [0.3, 0.4) is 0 Å². The van der Waals surface area contributed by atoms with E-state index in [4.69, 9.17) is 29.4 Å². The molecular weight excluding hydrogens is 508 g/mol. The molecule has 0 fully saturated rings. The Bertz CT molecular complexity index is 1470. The van der Waals surface area contributed by atoms with Crippen molar-refractivity contribution in [3.05, 3.63) is 101 Å². The fourth-order valence-corrected chi connectivity index (χ4v) is 4.02. The highest BCUT2D eigenvalue weighted by atomic mass is 16.5. The number of ether oxygens (including phenoxy) is 5. The van der Waals surface area contributed by atoms with E-state index in [1.165, 1.54) is 0 Å². The molecule has 0 aliphatic carbocycles. The molecule has 0 spiro atoms. The molecule has 0 saturated carbocycles. The molecule has 0 aliphatic rings. The van der Waals surface area contributed by atoms with E-state index in [0.717, 1.165) is 16.7 Å². The van der Waals surface area contributed by atoms with Crippen LogP contribution in [0.25, 0.3) is 12.2 Å². The van der Waals surface area contributed by atoms with Gasteiger partial charge in [0.05, 0.1) is 39.8 Å². The lowest BCUT2D eigenvalue weighted by Gasteiger charge is -2.13. The molecule has 4 aromatic rings. The van der Waals surface area contributed by atoms with Gasteiger partial charge in [-0.3, -0.25) is 4.79 Å². The lowest BCUT2D eigenvalue weighted by Crippen LogP contribution is -2.13. The first kappa shape index (κ1) is 27.9. The number of carbonyl (C=O) groups is 1. The lowest BCUT2D eigenvalue weighted by molar-refractivity contribution is 0.102. The van der Waals surface area contributed by atoms with Crippen LogP contribution in [0.2, 0.25) is 0 Å². The van der Waals surface area contributed by atoms with Crippen LogP contribution in [-0.4, -0.2) is 34.3 Å². The third-order valence-corrected chi connectivity index (χ3v) is 6.16. The molecule has 0 radical (unpaired) electrons. The van der Waals surface area contributed by atoms with Crippen LogP contribution in [-0.2, 0) is 6.61 Å². The molecule has 0 aliphatic heterocycles. The van der Waals surface area contributed by atoms with Crippen molar-refractivity contribution in [2.24, 2.45) is 0 Å². The van der Waals surface area contributed by atoms with E-state index >= 15 is 0 Å². The first-order valence-corrected chi connectivity index (χ1v) is 12.5. The number of nitrogens with one attached hydrogen (secondary N) is 1. The number of rotatable bonds is 11. The van der Waals surface area contributed by atoms with E-state index in [0.29, 0.717) is 52.3 Å². The van der Waals surface area contributed by atoms with Gasteiger partial charge in [0.15, 0.2) is 23.0 Å². The Morgan fingerprint density at radius 2 is 1.35 bits per heavy atom. The number of methoxy groups -OCH3 is 4. The summed E-state index contributed by atoms with van der Waals surface area (Å²) in [5.41, 5.74) is 10.2. The zero-order chi connectivity index (χ0) is 28.5. The monoisotopic (exact) mass is 540 g/mol. The Balaban J connectivity index is 1.45. The Morgan fingerprint density at radius 3 is 1.98 bits per heavy atom. The number of hydrogen-bond acceptors (Lipinski definition) is 7. The maximum absolute atomic E-state index is 12.6. The average Bonchev–Trinajstić information content (AvgIpc) is 2.99. The van der Waals surface area contributed by atoms with Crippen LogP contribution in [0, 0.1) is 0 Å². The van der Waals surface area contributed by atoms with Crippen molar-refractivity contribution < 1.29 is 28.5 Å². The van der Waals surface area contributed by atoms with Crippen LogP contribution >= 0.6 is 0 Å². The van der Waals surface area contributed by atoms with Gasteiger partial charge in [0.2, 0.25) is 5.75 Å². The summed E-state index contributed by atoms with van der Waals surface area (Å²) in [5.74, 6) is 2.66. The number of hydrogen-bond donors (Lipinski definition) is 2. The molecule has 1 amide bonds. The molecule has 3 N–H and O–H groups in total. The fraction of sp³-hybridized carbons (Fsp3) is 0.156. The molecule has 4 rings (SSSR count). The third kappa shape index (κ3) is 6.66. The number of benzene rings is 4. The summed E-state index contributed by atoms with van der Waals surface area (Å²) in [6.45, 7) is 0.296. The summed E-state index contributed by atoms with van der Waals surface area (Å²) in [6, 6.07) is 23.8. The van der Waals surface area contributed by atoms with Crippen molar-refractivity contribution in [1.82, 2.24) is 0 Å². The first-order chi connectivity index (χ1) is 19.4. The second-order valence-corrected chi connectivity index (χ2v) is 8.73. The largest absolute Gasteiger partial charge is 0.493 e. The van der Waals surface area contributed by atoms with E-state index < -0.39 is 0 Å². The van der Waals surface area contributed by atoms with E-state index in [9.17, 15) is 4.79 Å². The van der Waals surface area contributed by atoms with Gasteiger partial charge in [0.25, 0.3) is 5.91 Å². The standard InChI is InChI=1S/C32H32N2O6/c1-36-27-16-13-21(9-10-23-18-29(37-2)31(39-4)30(19-23)38-3)17-28(27)40-20-22-11-14-24(15-12-22)32(35)34-26-8-6-5-7-25(26)33/h5-19H,20,33H2,1-4H3,(H,34,35)/b10-9-. The highest BCUT2D eigenvalue weighted by molar-refractivity contribution is 6.05. The normalized spacial score (nSPS) is 10.7. The van der Waals surface area contributed by atoms with Gasteiger partial charge in [-0.1, -0.05) is 42.5 Å². The number of anilines is 2. The summed E-state index contributed by atoms with van der Waals surface area (Å²) >= 11 is 0. The molecular formula is C32H32N2O6. The summed E-state index contributed by atoms with van der Waals surface area (Å²) in [5, 5.41) is 2.83. The van der Waals surface area contributed by atoms with Crippen LogP contribution in [0.5, 0.6) is 28.7 Å². The number of para-hydroxylation sites is 2. The molecule has 0 heterocycles. The summed E-state index contributed by atoms with van der Waals surface area (Å²) in [4.78, 5) is 12.6. The fourth-order valence-electron chi connectivity index (χ4n) is 4.02. The van der Waals surface area contributed by atoms with E-state index in [1.54, 1.807) is 52.7 Å². The van der Waals surface area contributed by atoms with Crippen LogP contribution in [0.4, 0.5) is 11.4 Å². The molecule has 4 aromatic carbocycles. The number of carbonyl (C=O) groups excluding carboxylic acids is 1. The summed E-state index contributed by atoms with van der Waals surface area (Å²) in [7, 11) is 6.34. The first-order valence-electron chi connectivity index (χ1n) is 12.5. The number of nitrogens with two attached hydrogens (primary N) is 1. The van der Waals surface area contributed by atoms with Gasteiger partial charge in [0.1, 0.15) is 6.61 Å². The number of nitrogen functional groups attached to an aromatic ring is 1. The predicted molar refractivity (Wildman–Crippen MR) is 158 cm³/mol. The van der Waals surface area contributed by atoms with Gasteiger partial charge in [-0.2, -0.15) is 0 Å². The molecule has 0 unspecified atom stereocenters. The lowest BCUT2D eigenvalue weighted by atomic mass is 10.1. The summed E-state index contributed by atoms with van der Waals surface area (Å²) < 4.78 is 27.9. The summed E-state index contributed by atoms with van der Waals surface area (Å²) in [6.07, 6.45) is 3.91. The van der Waals surface area contributed by atoms with E-state index in [-0.39, 0.29) is 5.91 Å². The Morgan fingerprint density at radius 1 is 0.725 bits per heavy atom. The van der Waals surface area contributed by atoms with Gasteiger partial charge in [-0.25, -0.2) is 0 Å². The quantitative estimate of drug-likeness (QED) is 0.170. The van der Waals surface area contributed by atoms with Crippen LogP contribution in [0.1, 0.15) is 27.0 Å². The van der Waals surface area contributed by atoms with Gasteiger partial charge in [-0.05, 0) is 65.2 Å². The minimum absolute atomic E-state index is 0.237. The maximum Gasteiger partial charge on any atom is 0.255 e. The van der Waals surface area contributed by atoms with E-state index in [1.807, 2.05) is 66.7 Å². The SMILES string of the molecule is COc1ccc(/C=C\c2cc(OC)c(OC)c(OC)c2)cc1OCc1ccc(C(=O)Nc2ccccc2N)cc1. The van der Waals surface area contributed by atoms with Crippen LogP contribution in [0.15, 0.2) is 78.9 Å². The second-order valence-electron chi connectivity index (χ2n) is 8.73. The Hall–Kier alpha value is -5.11. The Kier molecular flexibility index (Phi) is 9.15. The molecule has 0 bridgehead atoms. The van der Waals surface area contributed by atoms with Crippen LogP contribution < -0.4 is 34.7 Å². The van der Waals surface area contributed by atoms with Gasteiger partial charge >= 0.3 is 0 Å². The Labute approximate surface area is 233 Å². The molecule has 0 atom stereocenters. The highest BCUT2D eigenvalue weighted by Crippen LogP contribution is 2.39. The van der Waals surface area contributed by atoms with Crippen molar-refractivity contribution in [2.75, 3.05) is 39.5 Å². The van der Waals surface area contributed by atoms with Crippen molar-refractivity contribution in [3.63, 3.8) is 0 Å². The predicted octanol–water partition coefficient (Wildman–Crippen LogP) is 6.30. The number of amides is 1. The molecule has 8 heteroatoms.